The van der Waals surface area contributed by atoms with Crippen molar-refractivity contribution >= 4 is 22.7 Å². The molecule has 1 fully saturated rings. The Kier molecular flexibility index (Phi) is 3.20. The van der Waals surface area contributed by atoms with Gasteiger partial charge in [-0.1, -0.05) is 25.4 Å². The highest BCUT2D eigenvalue weighted by Gasteiger charge is 2.27. The van der Waals surface area contributed by atoms with Gasteiger partial charge in [0.05, 0.1) is 5.02 Å². The maximum absolute atomic E-state index is 6.26. The highest BCUT2D eigenvalue weighted by molar-refractivity contribution is 6.35. The molecule has 3 heteroatoms. The van der Waals surface area contributed by atoms with Gasteiger partial charge in [-0.05, 0) is 31.2 Å². The molecule has 1 aliphatic rings. The Morgan fingerprint density at radius 2 is 2.06 bits per heavy atom. The van der Waals surface area contributed by atoms with Crippen LogP contribution in [0.25, 0.3) is 11.1 Å². The summed E-state index contributed by atoms with van der Waals surface area (Å²) < 4.78 is 5.52. The zero-order chi connectivity index (χ0) is 11.7. The Morgan fingerprint density at radius 1 is 1.38 bits per heavy atom. The number of hydrogen-bond acceptors (Lipinski definition) is 2. The largest absolute Gasteiger partial charge is 0.458 e. The number of halogens is 1. The number of furan rings is 1. The van der Waals surface area contributed by atoms with E-state index < -0.39 is 0 Å². The van der Waals surface area contributed by atoms with Gasteiger partial charge in [0.1, 0.15) is 11.3 Å². The molecular weight excluding hydrogens is 222 g/mol. The number of nitrogens with zero attached hydrogens (tertiary/aromatic N) is 1. The molecule has 2 aromatic rings. The van der Waals surface area contributed by atoms with Gasteiger partial charge in [-0.25, -0.2) is 0 Å². The van der Waals surface area contributed by atoms with E-state index in [1.165, 1.54) is 12.8 Å². The average molecular weight is 238 g/mol. The number of aromatic nitrogens is 1. The third-order valence-corrected chi connectivity index (χ3v) is 3.04. The van der Waals surface area contributed by atoms with Crippen molar-refractivity contribution in [1.82, 2.24) is 4.98 Å². The molecule has 1 aliphatic carbocycles. The van der Waals surface area contributed by atoms with Crippen LogP contribution in [-0.4, -0.2) is 4.98 Å². The van der Waals surface area contributed by atoms with Crippen LogP contribution >= 0.6 is 11.6 Å². The highest BCUT2D eigenvalue weighted by Crippen LogP contribution is 2.44. The number of rotatable bonds is 1. The molecule has 2 aromatic heterocycles. The molecule has 0 atom stereocenters. The summed E-state index contributed by atoms with van der Waals surface area (Å²) >= 11 is 6.26. The first-order valence-electron chi connectivity index (χ1n) is 5.80. The van der Waals surface area contributed by atoms with Crippen LogP contribution < -0.4 is 0 Å². The smallest absolute Gasteiger partial charge is 0.171 e. The first-order chi connectivity index (χ1) is 7.75. The number of aryl methyl sites for hydroxylation is 1. The van der Waals surface area contributed by atoms with Gasteiger partial charge in [0, 0.05) is 12.3 Å². The lowest BCUT2D eigenvalue weighted by atomic mass is 10.2. The van der Waals surface area contributed by atoms with Crippen molar-refractivity contribution < 1.29 is 4.42 Å². The number of hydrogen-bond donors (Lipinski definition) is 0. The van der Waals surface area contributed by atoms with Crippen LogP contribution in [-0.2, 0) is 0 Å². The lowest BCUT2D eigenvalue weighted by molar-refractivity contribution is 0.578. The van der Waals surface area contributed by atoms with Crippen LogP contribution in [0.2, 0.25) is 5.02 Å². The molecule has 16 heavy (non-hydrogen) atoms. The molecule has 1 saturated carbocycles. The maximum Gasteiger partial charge on any atom is 0.171 e. The van der Waals surface area contributed by atoms with Gasteiger partial charge in [0.2, 0.25) is 0 Å². The average Bonchev–Trinajstić information content (AvgIpc) is 3.04. The van der Waals surface area contributed by atoms with Gasteiger partial charge in [0.15, 0.2) is 5.58 Å². The fourth-order valence-electron chi connectivity index (χ4n) is 1.76. The van der Waals surface area contributed by atoms with E-state index in [9.17, 15) is 0 Å². The van der Waals surface area contributed by atoms with Crippen LogP contribution in [0.4, 0.5) is 0 Å². The Labute approximate surface area is 101 Å². The summed E-state index contributed by atoms with van der Waals surface area (Å²) in [5.74, 6) is 1.48. The fourth-order valence-corrected chi connectivity index (χ4v) is 2.10. The summed E-state index contributed by atoms with van der Waals surface area (Å²) in [5, 5.41) is 0.755. The second-order valence-corrected chi connectivity index (χ2v) is 4.25. The summed E-state index contributed by atoms with van der Waals surface area (Å²) in [6.07, 6.45) is 4.34. The molecule has 2 heterocycles. The van der Waals surface area contributed by atoms with E-state index in [0.29, 0.717) is 5.92 Å². The minimum Gasteiger partial charge on any atom is -0.458 e. The van der Waals surface area contributed by atoms with Crippen molar-refractivity contribution in [3.8, 4) is 0 Å². The maximum atomic E-state index is 6.26. The van der Waals surface area contributed by atoms with E-state index in [4.69, 9.17) is 16.0 Å². The van der Waals surface area contributed by atoms with E-state index in [-0.39, 0.29) is 0 Å². The minimum atomic E-state index is 0.616. The Bertz CT molecular complexity index is 500. The quantitative estimate of drug-likeness (QED) is 0.719. The van der Waals surface area contributed by atoms with Gasteiger partial charge < -0.3 is 4.42 Å². The predicted octanol–water partition coefficient (Wildman–Crippen LogP) is 4.69. The molecular formula is C13H16ClNO. The molecule has 86 valence electrons. The van der Waals surface area contributed by atoms with Gasteiger partial charge in [-0.2, -0.15) is 0 Å². The normalized spacial score (nSPS) is 14.8. The van der Waals surface area contributed by atoms with Gasteiger partial charge in [-0.15, -0.1) is 0 Å². The molecule has 3 rings (SSSR count). The van der Waals surface area contributed by atoms with Crippen molar-refractivity contribution in [2.24, 2.45) is 0 Å². The first-order valence-corrected chi connectivity index (χ1v) is 6.18. The van der Waals surface area contributed by atoms with Crippen molar-refractivity contribution in [3.63, 3.8) is 0 Å². The molecule has 0 bridgehead atoms. The van der Waals surface area contributed by atoms with Crippen LogP contribution in [0.3, 0.4) is 0 Å². The lowest BCUT2D eigenvalue weighted by Crippen LogP contribution is -1.84. The fraction of sp³-hybridized carbons (Fsp3) is 0.462. The molecule has 0 spiro atoms. The first kappa shape index (κ1) is 11.5. The van der Waals surface area contributed by atoms with Crippen LogP contribution in [0.15, 0.2) is 16.7 Å². The van der Waals surface area contributed by atoms with E-state index >= 15 is 0 Å². The van der Waals surface area contributed by atoms with Crippen molar-refractivity contribution in [1.29, 1.82) is 0 Å². The van der Waals surface area contributed by atoms with Crippen LogP contribution in [0, 0.1) is 6.92 Å². The van der Waals surface area contributed by atoms with Gasteiger partial charge in [-0.3, -0.25) is 4.98 Å². The standard InChI is InChI=1S/C11H10ClNO.C2H6/c1-6-4-9-11(14-6)10(12)8(5-13-9)7-2-3-7;1-2/h4-5,7H,2-3H2,1H3;1-2H3. The molecule has 0 N–H and O–H groups in total. The molecule has 0 aliphatic heterocycles. The van der Waals surface area contributed by atoms with Crippen molar-refractivity contribution in [2.75, 3.05) is 0 Å². The van der Waals surface area contributed by atoms with Crippen molar-refractivity contribution in [3.05, 3.63) is 28.6 Å². The summed E-state index contributed by atoms with van der Waals surface area (Å²) in [6.45, 7) is 5.91. The summed E-state index contributed by atoms with van der Waals surface area (Å²) in [6, 6.07) is 1.91. The summed E-state index contributed by atoms with van der Waals surface area (Å²) in [7, 11) is 0. The second-order valence-electron chi connectivity index (χ2n) is 3.87. The Morgan fingerprint density at radius 3 is 2.69 bits per heavy atom. The highest BCUT2D eigenvalue weighted by atomic mass is 35.5. The number of pyridine rings is 1. The van der Waals surface area contributed by atoms with Gasteiger partial charge >= 0.3 is 0 Å². The molecule has 0 radical (unpaired) electrons. The van der Waals surface area contributed by atoms with E-state index in [1.807, 2.05) is 33.0 Å². The SMILES string of the molecule is CC.Cc1cc2ncc(C3CC3)c(Cl)c2o1. The topological polar surface area (TPSA) is 26.0 Å². The second kappa shape index (κ2) is 4.46. The predicted molar refractivity (Wildman–Crippen MR) is 67.1 cm³/mol. The Hall–Kier alpha value is -1.02. The zero-order valence-corrected chi connectivity index (χ0v) is 10.6. The lowest BCUT2D eigenvalue weighted by Gasteiger charge is -2.00. The molecule has 2 nitrogen and oxygen atoms in total. The van der Waals surface area contributed by atoms with E-state index in [1.54, 1.807) is 0 Å². The van der Waals surface area contributed by atoms with Crippen LogP contribution in [0.1, 0.15) is 43.9 Å². The third kappa shape index (κ3) is 1.94. The Balaban J connectivity index is 0.000000457. The van der Waals surface area contributed by atoms with E-state index in [2.05, 4.69) is 4.98 Å². The molecule has 0 saturated heterocycles. The monoisotopic (exact) mass is 237 g/mol. The summed E-state index contributed by atoms with van der Waals surface area (Å²) in [5.41, 5.74) is 2.75. The molecule has 0 amide bonds. The van der Waals surface area contributed by atoms with Crippen LogP contribution in [0.5, 0.6) is 0 Å². The van der Waals surface area contributed by atoms with E-state index in [0.717, 1.165) is 27.4 Å². The minimum absolute atomic E-state index is 0.616. The molecule has 0 aromatic carbocycles. The molecule has 0 unspecified atom stereocenters. The number of fused-ring (bicyclic) bond motifs is 1. The van der Waals surface area contributed by atoms with Crippen molar-refractivity contribution in [2.45, 2.75) is 39.5 Å². The zero-order valence-electron chi connectivity index (χ0n) is 9.88. The third-order valence-electron chi connectivity index (χ3n) is 2.65. The van der Waals surface area contributed by atoms with Gasteiger partial charge in [0.25, 0.3) is 0 Å². The summed E-state index contributed by atoms with van der Waals surface area (Å²) in [4.78, 5) is 4.35.